The van der Waals surface area contributed by atoms with Crippen LogP contribution in [0.3, 0.4) is 0 Å². The molecule has 0 radical (unpaired) electrons. The highest BCUT2D eigenvalue weighted by Gasteiger charge is 2.24. The van der Waals surface area contributed by atoms with Crippen LogP contribution in [0.2, 0.25) is 0 Å². The van der Waals surface area contributed by atoms with Crippen LogP contribution in [0.25, 0.3) is 0 Å². The molecule has 0 fully saturated rings. The van der Waals surface area contributed by atoms with E-state index in [1.165, 1.54) is 12.8 Å². The second-order valence-electron chi connectivity index (χ2n) is 3.57. The lowest BCUT2D eigenvalue weighted by atomic mass is 9.84. The fourth-order valence-corrected chi connectivity index (χ4v) is 1.22. The third kappa shape index (κ3) is 2.30. The molecule has 0 aliphatic rings. The van der Waals surface area contributed by atoms with E-state index in [0.717, 1.165) is 5.92 Å². The van der Waals surface area contributed by atoms with Crippen molar-refractivity contribution < 1.29 is 0 Å². The van der Waals surface area contributed by atoms with E-state index in [2.05, 4.69) is 40.1 Å². The molecule has 0 aromatic heterocycles. The largest absolute Gasteiger partial charge is 0.314 e. The van der Waals surface area contributed by atoms with Gasteiger partial charge in [0.15, 0.2) is 0 Å². The van der Waals surface area contributed by atoms with Crippen LogP contribution in [-0.2, 0) is 0 Å². The zero-order chi connectivity index (χ0) is 8.20. The topological polar surface area (TPSA) is 12.0 Å². The van der Waals surface area contributed by atoms with Crippen molar-refractivity contribution in [3.8, 4) is 0 Å². The summed E-state index contributed by atoms with van der Waals surface area (Å²) in [6, 6.07) is 0. The highest BCUT2D eigenvalue weighted by molar-refractivity contribution is 4.83. The average molecular weight is 143 g/mol. The third-order valence-corrected chi connectivity index (χ3v) is 2.61. The van der Waals surface area contributed by atoms with Gasteiger partial charge in [0.2, 0.25) is 0 Å². The molecular formula is C9H21N. The monoisotopic (exact) mass is 143 g/mol. The number of nitrogens with one attached hydrogen (secondary N) is 1. The molecular weight excluding hydrogens is 122 g/mol. The zero-order valence-electron chi connectivity index (χ0n) is 7.99. The molecule has 0 amide bonds. The van der Waals surface area contributed by atoms with Crippen molar-refractivity contribution in [3.05, 3.63) is 0 Å². The summed E-state index contributed by atoms with van der Waals surface area (Å²) in [4.78, 5) is 0. The molecule has 0 saturated heterocycles. The van der Waals surface area contributed by atoms with Crippen molar-refractivity contribution >= 4 is 0 Å². The maximum absolute atomic E-state index is 3.38. The Hall–Kier alpha value is -0.0400. The van der Waals surface area contributed by atoms with Gasteiger partial charge in [-0.15, -0.1) is 0 Å². The van der Waals surface area contributed by atoms with Crippen LogP contribution in [0.1, 0.15) is 40.5 Å². The van der Waals surface area contributed by atoms with E-state index in [0.29, 0.717) is 5.54 Å². The minimum atomic E-state index is 0.342. The molecule has 0 rings (SSSR count). The van der Waals surface area contributed by atoms with Crippen LogP contribution >= 0.6 is 0 Å². The first-order chi connectivity index (χ1) is 4.56. The minimum Gasteiger partial charge on any atom is -0.314 e. The van der Waals surface area contributed by atoms with Gasteiger partial charge in [0.05, 0.1) is 0 Å². The molecule has 0 aromatic rings. The maximum atomic E-state index is 3.38. The Morgan fingerprint density at radius 2 is 1.90 bits per heavy atom. The summed E-state index contributed by atoms with van der Waals surface area (Å²) in [5, 5.41) is 3.38. The summed E-state index contributed by atoms with van der Waals surface area (Å²) in [7, 11) is 2.05. The van der Waals surface area contributed by atoms with E-state index in [9.17, 15) is 0 Å². The Labute approximate surface area is 65.2 Å². The van der Waals surface area contributed by atoms with Crippen molar-refractivity contribution in [2.75, 3.05) is 7.05 Å². The van der Waals surface area contributed by atoms with Gasteiger partial charge in [0, 0.05) is 5.54 Å². The quantitative estimate of drug-likeness (QED) is 0.637. The van der Waals surface area contributed by atoms with E-state index < -0.39 is 0 Å². The van der Waals surface area contributed by atoms with Crippen LogP contribution in [0, 0.1) is 5.92 Å². The van der Waals surface area contributed by atoms with Gasteiger partial charge in [0.1, 0.15) is 0 Å². The van der Waals surface area contributed by atoms with Gasteiger partial charge in [-0.05, 0) is 26.3 Å². The van der Waals surface area contributed by atoms with Gasteiger partial charge in [-0.2, -0.15) is 0 Å². The van der Waals surface area contributed by atoms with E-state index in [-0.39, 0.29) is 0 Å². The molecule has 0 bridgehead atoms. The first-order valence-corrected chi connectivity index (χ1v) is 4.25. The van der Waals surface area contributed by atoms with Crippen LogP contribution in [0.4, 0.5) is 0 Å². The fraction of sp³-hybridized carbons (Fsp3) is 1.00. The molecule has 0 aromatic carbocycles. The van der Waals surface area contributed by atoms with Crippen LogP contribution in [0.15, 0.2) is 0 Å². The molecule has 1 atom stereocenters. The molecule has 62 valence electrons. The first-order valence-electron chi connectivity index (χ1n) is 4.25. The average Bonchev–Trinajstić information content (AvgIpc) is 1.88. The minimum absolute atomic E-state index is 0.342. The van der Waals surface area contributed by atoms with Crippen molar-refractivity contribution in [1.29, 1.82) is 0 Å². The fourth-order valence-electron chi connectivity index (χ4n) is 1.22. The first kappa shape index (κ1) is 9.96. The van der Waals surface area contributed by atoms with Gasteiger partial charge < -0.3 is 5.32 Å². The lowest BCUT2D eigenvalue weighted by Gasteiger charge is -2.33. The van der Waals surface area contributed by atoms with Crippen molar-refractivity contribution in [2.45, 2.75) is 46.1 Å². The number of rotatable bonds is 4. The highest BCUT2D eigenvalue weighted by Crippen LogP contribution is 2.21. The molecule has 0 heterocycles. The predicted octanol–water partition coefficient (Wildman–Crippen LogP) is 2.42. The smallest absolute Gasteiger partial charge is 0.0173 e. The number of hydrogen-bond acceptors (Lipinski definition) is 1. The Kier molecular flexibility index (Phi) is 3.95. The van der Waals surface area contributed by atoms with Crippen molar-refractivity contribution in [3.63, 3.8) is 0 Å². The summed E-state index contributed by atoms with van der Waals surface area (Å²) in [5.74, 6) is 0.720. The molecule has 0 aliphatic heterocycles. The van der Waals surface area contributed by atoms with Crippen LogP contribution in [-0.4, -0.2) is 12.6 Å². The molecule has 0 aliphatic carbocycles. The van der Waals surface area contributed by atoms with Crippen LogP contribution in [0.5, 0.6) is 0 Å². The SMILES string of the molecule is CCC[C@](C)(NC)C(C)C. The molecule has 1 nitrogen and oxygen atoms in total. The Bertz CT molecular complexity index is 88.7. The highest BCUT2D eigenvalue weighted by atomic mass is 14.9. The standard InChI is InChI=1S/C9H21N/c1-6-7-9(4,10-5)8(2)3/h8,10H,6-7H2,1-5H3/t9-/m0/s1. The van der Waals surface area contributed by atoms with Gasteiger partial charge in [0.25, 0.3) is 0 Å². The molecule has 0 spiro atoms. The summed E-state index contributed by atoms with van der Waals surface area (Å²) < 4.78 is 0. The zero-order valence-corrected chi connectivity index (χ0v) is 7.99. The van der Waals surface area contributed by atoms with Crippen LogP contribution < -0.4 is 5.32 Å². The summed E-state index contributed by atoms with van der Waals surface area (Å²) in [6.07, 6.45) is 2.52. The van der Waals surface area contributed by atoms with Gasteiger partial charge in [-0.3, -0.25) is 0 Å². The maximum Gasteiger partial charge on any atom is 0.0173 e. The van der Waals surface area contributed by atoms with Gasteiger partial charge in [-0.1, -0.05) is 27.2 Å². The second-order valence-corrected chi connectivity index (χ2v) is 3.57. The lowest BCUT2D eigenvalue weighted by molar-refractivity contribution is 0.258. The van der Waals surface area contributed by atoms with E-state index in [1.54, 1.807) is 0 Å². The Morgan fingerprint density at radius 3 is 2.00 bits per heavy atom. The molecule has 0 unspecified atom stereocenters. The predicted molar refractivity (Wildman–Crippen MR) is 47.2 cm³/mol. The molecule has 0 saturated carbocycles. The van der Waals surface area contributed by atoms with E-state index in [4.69, 9.17) is 0 Å². The number of hydrogen-bond donors (Lipinski definition) is 1. The third-order valence-electron chi connectivity index (χ3n) is 2.61. The Morgan fingerprint density at radius 1 is 1.40 bits per heavy atom. The van der Waals surface area contributed by atoms with Gasteiger partial charge in [-0.25, -0.2) is 0 Å². The lowest BCUT2D eigenvalue weighted by Crippen LogP contribution is -2.44. The van der Waals surface area contributed by atoms with Crippen molar-refractivity contribution in [2.24, 2.45) is 5.92 Å². The second kappa shape index (κ2) is 3.97. The summed E-state index contributed by atoms with van der Waals surface area (Å²) >= 11 is 0. The van der Waals surface area contributed by atoms with E-state index >= 15 is 0 Å². The normalized spacial score (nSPS) is 17.4. The van der Waals surface area contributed by atoms with Crippen molar-refractivity contribution in [1.82, 2.24) is 5.32 Å². The Balaban J connectivity index is 3.94. The van der Waals surface area contributed by atoms with E-state index in [1.807, 2.05) is 0 Å². The molecule has 10 heavy (non-hydrogen) atoms. The van der Waals surface area contributed by atoms with Gasteiger partial charge >= 0.3 is 0 Å². The molecule has 1 heteroatoms. The summed E-state index contributed by atoms with van der Waals surface area (Å²) in [6.45, 7) is 9.07. The summed E-state index contributed by atoms with van der Waals surface area (Å²) in [5.41, 5.74) is 0.342. The molecule has 1 N–H and O–H groups in total.